The Morgan fingerprint density at radius 2 is 2.08 bits per heavy atom. The molecule has 1 N–H and O–H groups in total. The summed E-state index contributed by atoms with van der Waals surface area (Å²) in [7, 11) is 0. The lowest BCUT2D eigenvalue weighted by Crippen LogP contribution is -1.96. The Hall–Kier alpha value is -1.44. The van der Waals surface area contributed by atoms with Gasteiger partial charge in [-0.25, -0.2) is 0 Å². The van der Waals surface area contributed by atoms with Crippen molar-refractivity contribution in [2.45, 2.75) is 6.92 Å². The van der Waals surface area contributed by atoms with Gasteiger partial charge < -0.3 is 10.1 Å². The SMILES string of the molecule is C=CCOc1ccc(NCC)cc1. The zero-order valence-electron chi connectivity index (χ0n) is 7.92. The third kappa shape index (κ3) is 3.20. The standard InChI is InChI=1S/C11H15NO/c1-3-9-13-11-7-5-10(6-8-11)12-4-2/h3,5-8,12H,1,4,9H2,2H3. The topological polar surface area (TPSA) is 21.3 Å². The average Bonchev–Trinajstić information content (AvgIpc) is 2.17. The first-order chi connectivity index (χ1) is 6.36. The van der Waals surface area contributed by atoms with E-state index in [0.29, 0.717) is 6.61 Å². The molecule has 0 aliphatic rings. The first-order valence-corrected chi connectivity index (χ1v) is 4.44. The molecule has 2 heteroatoms. The van der Waals surface area contributed by atoms with Crippen LogP contribution in [0.5, 0.6) is 5.75 Å². The maximum atomic E-state index is 5.34. The van der Waals surface area contributed by atoms with Gasteiger partial charge in [0, 0.05) is 12.2 Å². The van der Waals surface area contributed by atoms with Crippen LogP contribution in [-0.4, -0.2) is 13.2 Å². The molecule has 0 radical (unpaired) electrons. The normalized spacial score (nSPS) is 9.31. The van der Waals surface area contributed by atoms with Crippen LogP contribution in [0.2, 0.25) is 0 Å². The van der Waals surface area contributed by atoms with Crippen molar-refractivity contribution in [3.8, 4) is 5.75 Å². The van der Waals surface area contributed by atoms with Gasteiger partial charge in [-0.05, 0) is 31.2 Å². The van der Waals surface area contributed by atoms with Gasteiger partial charge in [-0.15, -0.1) is 0 Å². The molecule has 1 aromatic rings. The minimum atomic E-state index is 0.556. The molecule has 0 saturated carbocycles. The fourth-order valence-corrected chi connectivity index (χ4v) is 1.03. The smallest absolute Gasteiger partial charge is 0.119 e. The molecule has 1 aromatic carbocycles. The van der Waals surface area contributed by atoms with Crippen LogP contribution in [-0.2, 0) is 0 Å². The molecule has 0 aromatic heterocycles. The van der Waals surface area contributed by atoms with E-state index in [1.54, 1.807) is 6.08 Å². The molecule has 0 amide bonds. The molecule has 0 aliphatic carbocycles. The summed E-state index contributed by atoms with van der Waals surface area (Å²) >= 11 is 0. The zero-order valence-corrected chi connectivity index (χ0v) is 7.92. The van der Waals surface area contributed by atoms with Crippen molar-refractivity contribution in [3.63, 3.8) is 0 Å². The van der Waals surface area contributed by atoms with E-state index in [2.05, 4.69) is 18.8 Å². The molecular weight excluding hydrogens is 162 g/mol. The van der Waals surface area contributed by atoms with Crippen LogP contribution >= 0.6 is 0 Å². The molecule has 0 fully saturated rings. The van der Waals surface area contributed by atoms with Crippen molar-refractivity contribution < 1.29 is 4.74 Å². The Labute approximate surface area is 79.2 Å². The van der Waals surface area contributed by atoms with Crippen LogP contribution in [0, 0.1) is 0 Å². The monoisotopic (exact) mass is 177 g/mol. The minimum Gasteiger partial charge on any atom is -0.490 e. The summed E-state index contributed by atoms with van der Waals surface area (Å²) in [5, 5.41) is 3.22. The molecule has 0 aliphatic heterocycles. The summed E-state index contributed by atoms with van der Waals surface area (Å²) in [6.07, 6.45) is 1.73. The fourth-order valence-electron chi connectivity index (χ4n) is 1.03. The van der Waals surface area contributed by atoms with Crippen LogP contribution in [0.1, 0.15) is 6.92 Å². The summed E-state index contributed by atoms with van der Waals surface area (Å²) in [5.74, 6) is 0.876. The van der Waals surface area contributed by atoms with E-state index >= 15 is 0 Å². The van der Waals surface area contributed by atoms with E-state index in [1.807, 2.05) is 24.3 Å². The van der Waals surface area contributed by atoms with Crippen LogP contribution in [0.4, 0.5) is 5.69 Å². The van der Waals surface area contributed by atoms with Gasteiger partial charge in [0.15, 0.2) is 0 Å². The van der Waals surface area contributed by atoms with Crippen molar-refractivity contribution in [1.29, 1.82) is 0 Å². The molecule has 0 spiro atoms. The first-order valence-electron chi connectivity index (χ1n) is 4.44. The van der Waals surface area contributed by atoms with Gasteiger partial charge in [0.05, 0.1) is 0 Å². The van der Waals surface area contributed by atoms with Gasteiger partial charge in [0.25, 0.3) is 0 Å². The summed E-state index contributed by atoms with van der Waals surface area (Å²) in [6.45, 7) is 7.15. The van der Waals surface area contributed by atoms with E-state index in [1.165, 1.54) is 0 Å². The number of anilines is 1. The molecule has 0 bridgehead atoms. The molecule has 0 unspecified atom stereocenters. The summed E-state index contributed by atoms with van der Waals surface area (Å²) in [4.78, 5) is 0. The molecule has 13 heavy (non-hydrogen) atoms. The fraction of sp³-hybridized carbons (Fsp3) is 0.273. The second kappa shape index (κ2) is 5.25. The van der Waals surface area contributed by atoms with Crippen molar-refractivity contribution in [1.82, 2.24) is 0 Å². The average molecular weight is 177 g/mol. The lowest BCUT2D eigenvalue weighted by Gasteiger charge is -2.05. The van der Waals surface area contributed by atoms with Crippen molar-refractivity contribution in [3.05, 3.63) is 36.9 Å². The first kappa shape index (κ1) is 9.65. The maximum Gasteiger partial charge on any atom is 0.119 e. The van der Waals surface area contributed by atoms with Gasteiger partial charge in [-0.2, -0.15) is 0 Å². The molecule has 1 rings (SSSR count). The van der Waals surface area contributed by atoms with Crippen LogP contribution < -0.4 is 10.1 Å². The summed E-state index contributed by atoms with van der Waals surface area (Å²) in [6, 6.07) is 7.90. The van der Waals surface area contributed by atoms with Gasteiger partial charge >= 0.3 is 0 Å². The van der Waals surface area contributed by atoms with Crippen molar-refractivity contribution in [2.75, 3.05) is 18.5 Å². The quantitative estimate of drug-likeness (QED) is 0.698. The van der Waals surface area contributed by atoms with E-state index < -0.39 is 0 Å². The molecule has 0 heterocycles. The van der Waals surface area contributed by atoms with Crippen molar-refractivity contribution in [2.24, 2.45) is 0 Å². The summed E-state index contributed by atoms with van der Waals surface area (Å²) in [5.41, 5.74) is 1.12. The Kier molecular flexibility index (Phi) is 3.89. The van der Waals surface area contributed by atoms with Gasteiger partial charge in [-0.1, -0.05) is 12.7 Å². The predicted molar refractivity (Wildman–Crippen MR) is 56.3 cm³/mol. The van der Waals surface area contributed by atoms with Crippen LogP contribution in [0.3, 0.4) is 0 Å². The predicted octanol–water partition coefficient (Wildman–Crippen LogP) is 2.68. The van der Waals surface area contributed by atoms with Gasteiger partial charge in [0.1, 0.15) is 12.4 Å². The van der Waals surface area contributed by atoms with Crippen LogP contribution in [0.25, 0.3) is 0 Å². The lowest BCUT2D eigenvalue weighted by atomic mass is 10.3. The Balaban J connectivity index is 2.53. The van der Waals surface area contributed by atoms with E-state index in [4.69, 9.17) is 4.74 Å². The number of ether oxygens (including phenoxy) is 1. The Morgan fingerprint density at radius 3 is 2.62 bits per heavy atom. The number of benzene rings is 1. The lowest BCUT2D eigenvalue weighted by molar-refractivity contribution is 0.363. The highest BCUT2D eigenvalue weighted by Gasteiger charge is 1.92. The second-order valence-electron chi connectivity index (χ2n) is 2.65. The van der Waals surface area contributed by atoms with Crippen molar-refractivity contribution >= 4 is 5.69 Å². The number of hydrogen-bond acceptors (Lipinski definition) is 2. The minimum absolute atomic E-state index is 0.556. The zero-order chi connectivity index (χ0) is 9.52. The largest absolute Gasteiger partial charge is 0.490 e. The maximum absolute atomic E-state index is 5.34. The molecule has 0 atom stereocenters. The number of nitrogens with one attached hydrogen (secondary N) is 1. The van der Waals surface area contributed by atoms with E-state index in [9.17, 15) is 0 Å². The highest BCUT2D eigenvalue weighted by Crippen LogP contribution is 2.15. The van der Waals surface area contributed by atoms with E-state index in [-0.39, 0.29) is 0 Å². The molecular formula is C11H15NO. The number of hydrogen-bond donors (Lipinski definition) is 1. The van der Waals surface area contributed by atoms with Crippen LogP contribution in [0.15, 0.2) is 36.9 Å². The Morgan fingerprint density at radius 1 is 1.38 bits per heavy atom. The highest BCUT2D eigenvalue weighted by atomic mass is 16.5. The molecule has 2 nitrogen and oxygen atoms in total. The van der Waals surface area contributed by atoms with Gasteiger partial charge in [-0.3, -0.25) is 0 Å². The van der Waals surface area contributed by atoms with E-state index in [0.717, 1.165) is 18.0 Å². The van der Waals surface area contributed by atoms with Gasteiger partial charge in [0.2, 0.25) is 0 Å². The Bertz CT molecular complexity index is 253. The molecule has 0 saturated heterocycles. The summed E-state index contributed by atoms with van der Waals surface area (Å²) < 4.78 is 5.34. The second-order valence-corrected chi connectivity index (χ2v) is 2.65. The molecule has 70 valence electrons. The third-order valence-electron chi connectivity index (χ3n) is 1.60. The number of rotatable bonds is 5. The third-order valence-corrected chi connectivity index (χ3v) is 1.60. The highest BCUT2D eigenvalue weighted by molar-refractivity contribution is 5.46.